The number of aryl methyl sites for hydroxylation is 1. The zero-order valence-electron chi connectivity index (χ0n) is 9.22. The molecule has 3 rings (SSSR count). The van der Waals surface area contributed by atoms with Crippen LogP contribution in [0.2, 0.25) is 0 Å². The molecule has 0 bridgehead atoms. The number of para-hydroxylation sites is 1. The molecule has 0 unspecified atom stereocenters. The number of hydrogen-bond acceptors (Lipinski definition) is 3. The van der Waals surface area contributed by atoms with Crippen molar-refractivity contribution >= 4 is 5.69 Å². The standard InChI is InChI=1S/C12H14N4/c1-16-12(9-4-2-3-5-10(9)13)14-11(15-16)8-6-7-8/h2-5,8H,6-7,13H2,1H3. The molecule has 0 radical (unpaired) electrons. The molecule has 1 heterocycles. The van der Waals surface area contributed by atoms with E-state index in [0.29, 0.717) is 5.92 Å². The molecule has 4 heteroatoms. The van der Waals surface area contributed by atoms with E-state index in [1.165, 1.54) is 12.8 Å². The summed E-state index contributed by atoms with van der Waals surface area (Å²) in [5.41, 5.74) is 7.65. The number of aromatic nitrogens is 3. The largest absolute Gasteiger partial charge is 0.398 e. The van der Waals surface area contributed by atoms with E-state index in [1.54, 1.807) is 0 Å². The second-order valence-corrected chi connectivity index (χ2v) is 4.28. The fraction of sp³-hybridized carbons (Fsp3) is 0.333. The molecule has 1 saturated carbocycles. The van der Waals surface area contributed by atoms with Gasteiger partial charge in [-0.3, -0.25) is 0 Å². The zero-order chi connectivity index (χ0) is 11.1. The maximum Gasteiger partial charge on any atom is 0.160 e. The maximum absolute atomic E-state index is 5.94. The Balaban J connectivity index is 2.08. The molecule has 0 atom stereocenters. The van der Waals surface area contributed by atoms with Crippen LogP contribution in [-0.2, 0) is 7.05 Å². The Morgan fingerprint density at radius 2 is 2.06 bits per heavy atom. The molecule has 16 heavy (non-hydrogen) atoms. The minimum absolute atomic E-state index is 0.574. The molecule has 0 aliphatic heterocycles. The van der Waals surface area contributed by atoms with E-state index >= 15 is 0 Å². The third-order valence-electron chi connectivity index (χ3n) is 2.92. The molecule has 82 valence electrons. The fourth-order valence-electron chi connectivity index (χ4n) is 1.85. The highest BCUT2D eigenvalue weighted by atomic mass is 15.3. The molecule has 2 aromatic rings. The van der Waals surface area contributed by atoms with Gasteiger partial charge in [0.1, 0.15) is 0 Å². The Kier molecular flexibility index (Phi) is 1.96. The van der Waals surface area contributed by atoms with Crippen molar-refractivity contribution in [1.82, 2.24) is 14.8 Å². The van der Waals surface area contributed by atoms with Gasteiger partial charge >= 0.3 is 0 Å². The van der Waals surface area contributed by atoms with Gasteiger partial charge in [0, 0.05) is 24.2 Å². The van der Waals surface area contributed by atoms with E-state index in [-0.39, 0.29) is 0 Å². The average Bonchev–Trinajstić information content (AvgIpc) is 3.04. The lowest BCUT2D eigenvalue weighted by atomic mass is 10.2. The molecule has 1 aromatic heterocycles. The third-order valence-corrected chi connectivity index (χ3v) is 2.92. The summed E-state index contributed by atoms with van der Waals surface area (Å²) in [5, 5.41) is 4.44. The van der Waals surface area contributed by atoms with Crippen LogP contribution in [0.1, 0.15) is 24.6 Å². The fourth-order valence-corrected chi connectivity index (χ4v) is 1.85. The lowest BCUT2D eigenvalue weighted by Crippen LogP contribution is -1.97. The second-order valence-electron chi connectivity index (χ2n) is 4.28. The number of anilines is 1. The smallest absolute Gasteiger partial charge is 0.160 e. The van der Waals surface area contributed by atoms with Crippen molar-refractivity contribution in [1.29, 1.82) is 0 Å². The maximum atomic E-state index is 5.94. The molecule has 0 saturated heterocycles. The van der Waals surface area contributed by atoms with Gasteiger partial charge in [0.15, 0.2) is 11.6 Å². The van der Waals surface area contributed by atoms with Crippen LogP contribution in [0, 0.1) is 0 Å². The Bertz CT molecular complexity index is 526. The minimum Gasteiger partial charge on any atom is -0.398 e. The summed E-state index contributed by atoms with van der Waals surface area (Å²) in [6.07, 6.45) is 2.43. The normalized spacial score (nSPS) is 15.3. The molecule has 2 N–H and O–H groups in total. The molecule has 1 aliphatic carbocycles. The molecule has 4 nitrogen and oxygen atoms in total. The number of nitrogens with two attached hydrogens (primary N) is 1. The van der Waals surface area contributed by atoms with E-state index in [9.17, 15) is 0 Å². The van der Waals surface area contributed by atoms with Crippen LogP contribution in [0.5, 0.6) is 0 Å². The van der Waals surface area contributed by atoms with Gasteiger partial charge in [-0.15, -0.1) is 0 Å². The highest BCUT2D eigenvalue weighted by Gasteiger charge is 2.28. The van der Waals surface area contributed by atoms with Crippen molar-refractivity contribution in [3.05, 3.63) is 30.1 Å². The Hall–Kier alpha value is -1.84. The summed E-state index contributed by atoms with van der Waals surface area (Å²) in [6, 6.07) is 7.77. The number of nitrogens with zero attached hydrogens (tertiary/aromatic N) is 3. The topological polar surface area (TPSA) is 56.7 Å². The Labute approximate surface area is 94.1 Å². The van der Waals surface area contributed by atoms with Crippen molar-refractivity contribution in [3.8, 4) is 11.4 Å². The van der Waals surface area contributed by atoms with E-state index < -0.39 is 0 Å². The van der Waals surface area contributed by atoms with Crippen molar-refractivity contribution in [2.75, 3.05) is 5.73 Å². The van der Waals surface area contributed by atoms with Gasteiger partial charge in [-0.2, -0.15) is 5.10 Å². The van der Waals surface area contributed by atoms with Gasteiger partial charge in [0.2, 0.25) is 0 Å². The zero-order valence-corrected chi connectivity index (χ0v) is 9.22. The number of rotatable bonds is 2. The van der Waals surface area contributed by atoms with E-state index in [2.05, 4.69) is 10.1 Å². The van der Waals surface area contributed by atoms with Gasteiger partial charge in [-0.05, 0) is 25.0 Å². The Morgan fingerprint density at radius 1 is 1.31 bits per heavy atom. The number of hydrogen-bond donors (Lipinski definition) is 1. The van der Waals surface area contributed by atoms with Gasteiger partial charge in [0.25, 0.3) is 0 Å². The first kappa shape index (κ1) is 9.39. The molecular weight excluding hydrogens is 200 g/mol. The van der Waals surface area contributed by atoms with Crippen LogP contribution in [0.3, 0.4) is 0 Å². The summed E-state index contributed by atoms with van der Waals surface area (Å²) >= 11 is 0. The van der Waals surface area contributed by atoms with Crippen LogP contribution in [0.25, 0.3) is 11.4 Å². The van der Waals surface area contributed by atoms with Crippen molar-refractivity contribution in [2.45, 2.75) is 18.8 Å². The van der Waals surface area contributed by atoms with Crippen LogP contribution in [0.15, 0.2) is 24.3 Å². The molecule has 1 fully saturated rings. The van der Waals surface area contributed by atoms with E-state index in [0.717, 1.165) is 22.9 Å². The first-order valence-corrected chi connectivity index (χ1v) is 5.51. The van der Waals surface area contributed by atoms with Crippen molar-refractivity contribution in [2.24, 2.45) is 7.05 Å². The second kappa shape index (κ2) is 3.33. The predicted octanol–water partition coefficient (Wildman–Crippen LogP) is 1.94. The van der Waals surface area contributed by atoms with Gasteiger partial charge in [-0.25, -0.2) is 9.67 Å². The Morgan fingerprint density at radius 3 is 2.75 bits per heavy atom. The average molecular weight is 214 g/mol. The molecule has 0 spiro atoms. The first-order valence-electron chi connectivity index (χ1n) is 5.51. The predicted molar refractivity (Wildman–Crippen MR) is 62.8 cm³/mol. The lowest BCUT2D eigenvalue weighted by molar-refractivity contribution is 0.750. The summed E-state index contributed by atoms with van der Waals surface area (Å²) in [6.45, 7) is 0. The number of benzene rings is 1. The summed E-state index contributed by atoms with van der Waals surface area (Å²) in [4.78, 5) is 4.57. The quantitative estimate of drug-likeness (QED) is 0.777. The summed E-state index contributed by atoms with van der Waals surface area (Å²) in [7, 11) is 1.92. The van der Waals surface area contributed by atoms with Crippen LogP contribution in [-0.4, -0.2) is 14.8 Å². The third kappa shape index (κ3) is 1.46. The van der Waals surface area contributed by atoms with Gasteiger partial charge in [0.05, 0.1) is 0 Å². The van der Waals surface area contributed by atoms with Crippen LogP contribution >= 0.6 is 0 Å². The number of nitrogen functional groups attached to an aromatic ring is 1. The van der Waals surface area contributed by atoms with Crippen molar-refractivity contribution in [3.63, 3.8) is 0 Å². The van der Waals surface area contributed by atoms with Gasteiger partial charge < -0.3 is 5.73 Å². The molecular formula is C12H14N4. The monoisotopic (exact) mass is 214 g/mol. The van der Waals surface area contributed by atoms with Crippen LogP contribution < -0.4 is 5.73 Å². The highest BCUT2D eigenvalue weighted by Crippen LogP contribution is 2.39. The molecule has 1 aliphatic rings. The lowest BCUT2D eigenvalue weighted by Gasteiger charge is -2.02. The highest BCUT2D eigenvalue weighted by molar-refractivity contribution is 5.71. The van der Waals surface area contributed by atoms with Crippen LogP contribution in [0.4, 0.5) is 5.69 Å². The van der Waals surface area contributed by atoms with Crippen molar-refractivity contribution < 1.29 is 0 Å². The van der Waals surface area contributed by atoms with E-state index in [1.807, 2.05) is 36.0 Å². The summed E-state index contributed by atoms with van der Waals surface area (Å²) in [5.74, 6) is 2.39. The van der Waals surface area contributed by atoms with E-state index in [4.69, 9.17) is 5.73 Å². The first-order chi connectivity index (χ1) is 7.75. The molecule has 1 aromatic carbocycles. The van der Waals surface area contributed by atoms with Gasteiger partial charge in [-0.1, -0.05) is 12.1 Å². The summed E-state index contributed by atoms with van der Waals surface area (Å²) < 4.78 is 1.82. The molecule has 0 amide bonds. The minimum atomic E-state index is 0.574. The SMILES string of the molecule is Cn1nc(C2CC2)nc1-c1ccccc1N.